The van der Waals surface area contributed by atoms with Gasteiger partial charge in [-0.1, -0.05) is 0 Å². The quantitative estimate of drug-likeness (QED) is 0.864. The molecule has 3 N–H and O–H groups in total. The van der Waals surface area contributed by atoms with Crippen molar-refractivity contribution in [2.75, 3.05) is 5.32 Å². The minimum Gasteiger partial charge on any atom is -0.464 e. The molecule has 0 bridgehead atoms. The van der Waals surface area contributed by atoms with E-state index in [1.165, 1.54) is 18.4 Å². The summed E-state index contributed by atoms with van der Waals surface area (Å²) < 4.78 is 41.4. The number of alkyl halides is 3. The molecular formula is C10H6F3N3O3. The number of nitrogens with zero attached hydrogens (tertiary/aromatic N) is 1. The zero-order valence-electron chi connectivity index (χ0n) is 9.12. The smallest absolute Gasteiger partial charge is 0.464 e. The van der Waals surface area contributed by atoms with E-state index < -0.39 is 23.8 Å². The van der Waals surface area contributed by atoms with Gasteiger partial charge in [0.2, 0.25) is 0 Å². The van der Waals surface area contributed by atoms with Crippen molar-refractivity contribution < 1.29 is 27.2 Å². The maximum atomic E-state index is 12.2. The topological polar surface area (TPSA) is 98.2 Å². The number of nitrogens with two attached hydrogens (primary N) is 1. The molecule has 0 atom stereocenters. The second-order valence-electron chi connectivity index (χ2n) is 3.50. The Morgan fingerprint density at radius 2 is 2.05 bits per heavy atom. The Morgan fingerprint density at radius 1 is 1.37 bits per heavy atom. The van der Waals surface area contributed by atoms with Crippen LogP contribution in [0.4, 0.5) is 19.0 Å². The number of primary amides is 1. The van der Waals surface area contributed by atoms with Crippen LogP contribution in [0.5, 0.6) is 0 Å². The number of aromatic nitrogens is 1. The summed E-state index contributed by atoms with van der Waals surface area (Å²) in [5, 5.41) is 1.69. The number of carbonyl (C=O) groups excluding carboxylic acids is 2. The summed E-state index contributed by atoms with van der Waals surface area (Å²) in [6.07, 6.45) is -3.89. The SMILES string of the molecule is NC(=O)c1cc2occc2c(NC(=O)C(F)(F)F)n1. The van der Waals surface area contributed by atoms with E-state index in [-0.39, 0.29) is 16.7 Å². The molecule has 0 radical (unpaired) electrons. The first-order valence-corrected chi connectivity index (χ1v) is 4.85. The first-order chi connectivity index (χ1) is 8.79. The zero-order valence-corrected chi connectivity index (χ0v) is 9.12. The average Bonchev–Trinajstić information content (AvgIpc) is 2.75. The Bertz CT molecular complexity index is 663. The Balaban J connectivity index is 2.49. The number of fused-ring (bicyclic) bond motifs is 1. The van der Waals surface area contributed by atoms with E-state index in [9.17, 15) is 22.8 Å². The Morgan fingerprint density at radius 3 is 2.63 bits per heavy atom. The molecule has 0 fully saturated rings. The maximum absolute atomic E-state index is 12.2. The van der Waals surface area contributed by atoms with Crippen LogP contribution in [0.1, 0.15) is 10.5 Å². The lowest BCUT2D eigenvalue weighted by molar-refractivity contribution is -0.167. The number of anilines is 1. The van der Waals surface area contributed by atoms with E-state index >= 15 is 0 Å². The lowest BCUT2D eigenvalue weighted by Crippen LogP contribution is -2.30. The molecule has 9 heteroatoms. The fourth-order valence-corrected chi connectivity index (χ4v) is 1.37. The largest absolute Gasteiger partial charge is 0.471 e. The molecule has 0 aliphatic rings. The van der Waals surface area contributed by atoms with E-state index in [0.29, 0.717) is 0 Å². The van der Waals surface area contributed by atoms with E-state index in [0.717, 1.165) is 0 Å². The van der Waals surface area contributed by atoms with Crippen molar-refractivity contribution >= 4 is 28.6 Å². The van der Waals surface area contributed by atoms with Crippen LogP contribution >= 0.6 is 0 Å². The summed E-state index contributed by atoms with van der Waals surface area (Å²) in [5.41, 5.74) is 4.75. The monoisotopic (exact) mass is 273 g/mol. The summed E-state index contributed by atoms with van der Waals surface area (Å²) in [6, 6.07) is 2.47. The van der Waals surface area contributed by atoms with Gasteiger partial charge in [0.25, 0.3) is 5.91 Å². The third-order valence-electron chi connectivity index (χ3n) is 2.19. The summed E-state index contributed by atoms with van der Waals surface area (Å²) in [7, 11) is 0. The first-order valence-electron chi connectivity index (χ1n) is 4.85. The standard InChI is InChI=1S/C10H6F3N3O3/c11-10(12,13)9(18)16-8-4-1-2-19-6(4)3-5(15-8)7(14)17/h1-3H,(H2,14,17)(H,15,16,18). The van der Waals surface area contributed by atoms with Crippen LogP contribution in [0.3, 0.4) is 0 Å². The number of nitrogens with one attached hydrogen (secondary N) is 1. The fourth-order valence-electron chi connectivity index (χ4n) is 1.37. The number of hydrogen-bond acceptors (Lipinski definition) is 4. The second kappa shape index (κ2) is 4.26. The van der Waals surface area contributed by atoms with Crippen LogP contribution in [0.15, 0.2) is 22.8 Å². The van der Waals surface area contributed by atoms with Gasteiger partial charge >= 0.3 is 12.1 Å². The molecule has 2 aromatic rings. The van der Waals surface area contributed by atoms with E-state index in [4.69, 9.17) is 10.2 Å². The highest BCUT2D eigenvalue weighted by molar-refractivity contribution is 6.03. The van der Waals surface area contributed by atoms with Crippen molar-refractivity contribution in [3.8, 4) is 0 Å². The number of rotatable bonds is 2. The van der Waals surface area contributed by atoms with Crippen molar-refractivity contribution in [2.45, 2.75) is 6.18 Å². The second-order valence-corrected chi connectivity index (χ2v) is 3.50. The van der Waals surface area contributed by atoms with Gasteiger partial charge in [0, 0.05) is 6.07 Å². The highest BCUT2D eigenvalue weighted by Gasteiger charge is 2.39. The molecule has 6 nitrogen and oxygen atoms in total. The van der Waals surface area contributed by atoms with Gasteiger partial charge in [-0.25, -0.2) is 4.98 Å². The fraction of sp³-hybridized carbons (Fsp3) is 0.100. The molecule has 0 aliphatic carbocycles. The average molecular weight is 273 g/mol. The van der Waals surface area contributed by atoms with Crippen molar-refractivity contribution in [3.05, 3.63) is 24.1 Å². The number of carbonyl (C=O) groups is 2. The Kier molecular flexibility index (Phi) is 2.89. The molecule has 2 rings (SSSR count). The molecule has 0 spiro atoms. The van der Waals surface area contributed by atoms with Gasteiger partial charge in [-0.15, -0.1) is 0 Å². The van der Waals surface area contributed by atoms with Gasteiger partial charge in [0.1, 0.15) is 17.1 Å². The van der Waals surface area contributed by atoms with Crippen molar-refractivity contribution in [1.29, 1.82) is 0 Å². The Labute approximate surface area is 103 Å². The number of halogens is 3. The number of furan rings is 1. The summed E-state index contributed by atoms with van der Waals surface area (Å²) in [6.45, 7) is 0. The van der Waals surface area contributed by atoms with E-state index in [2.05, 4.69) is 4.98 Å². The summed E-state index contributed by atoms with van der Waals surface area (Å²) >= 11 is 0. The van der Waals surface area contributed by atoms with Gasteiger partial charge in [0.05, 0.1) is 11.6 Å². The predicted octanol–water partition coefficient (Wildman–Crippen LogP) is 1.43. The lowest BCUT2D eigenvalue weighted by atomic mass is 10.2. The minimum absolute atomic E-state index is 0.0845. The lowest BCUT2D eigenvalue weighted by Gasteiger charge is -2.08. The molecule has 2 aromatic heterocycles. The normalized spacial score (nSPS) is 11.5. The van der Waals surface area contributed by atoms with E-state index in [1.807, 2.05) is 0 Å². The van der Waals surface area contributed by atoms with Crippen LogP contribution in [0, 0.1) is 0 Å². The molecule has 100 valence electrons. The van der Waals surface area contributed by atoms with E-state index in [1.54, 1.807) is 5.32 Å². The third-order valence-corrected chi connectivity index (χ3v) is 2.19. The zero-order chi connectivity index (χ0) is 14.2. The number of pyridine rings is 1. The highest BCUT2D eigenvalue weighted by atomic mass is 19.4. The number of hydrogen-bond donors (Lipinski definition) is 2. The molecule has 0 saturated heterocycles. The van der Waals surface area contributed by atoms with Crippen LogP contribution in [0.2, 0.25) is 0 Å². The Hall–Kier alpha value is -2.58. The molecule has 0 saturated carbocycles. The van der Waals surface area contributed by atoms with Crippen molar-refractivity contribution in [1.82, 2.24) is 4.98 Å². The minimum atomic E-state index is -5.07. The summed E-state index contributed by atoms with van der Waals surface area (Å²) in [4.78, 5) is 25.4. The van der Waals surface area contributed by atoms with Gasteiger partial charge in [0.15, 0.2) is 0 Å². The van der Waals surface area contributed by atoms with Gasteiger partial charge in [-0.3, -0.25) is 9.59 Å². The molecular weight excluding hydrogens is 267 g/mol. The molecule has 0 unspecified atom stereocenters. The number of amides is 2. The predicted molar refractivity (Wildman–Crippen MR) is 57.2 cm³/mol. The van der Waals surface area contributed by atoms with Gasteiger partial charge in [-0.05, 0) is 6.07 Å². The molecule has 0 aliphatic heterocycles. The van der Waals surface area contributed by atoms with Crippen molar-refractivity contribution in [3.63, 3.8) is 0 Å². The third kappa shape index (κ3) is 2.49. The molecule has 2 amide bonds. The first kappa shape index (κ1) is 12.9. The maximum Gasteiger partial charge on any atom is 0.471 e. The van der Waals surface area contributed by atoms with Crippen molar-refractivity contribution in [2.24, 2.45) is 5.73 Å². The van der Waals surface area contributed by atoms with Gasteiger partial charge in [-0.2, -0.15) is 13.2 Å². The molecule has 0 aromatic carbocycles. The van der Waals surface area contributed by atoms with Crippen LogP contribution in [-0.2, 0) is 4.79 Å². The molecule has 2 heterocycles. The summed E-state index contributed by atoms with van der Waals surface area (Å²) in [5.74, 6) is -3.60. The highest BCUT2D eigenvalue weighted by Crippen LogP contribution is 2.25. The van der Waals surface area contributed by atoms with Crippen LogP contribution in [0.25, 0.3) is 11.0 Å². The van der Waals surface area contributed by atoms with Gasteiger partial charge < -0.3 is 15.5 Å². The van der Waals surface area contributed by atoms with Crippen LogP contribution < -0.4 is 11.1 Å². The van der Waals surface area contributed by atoms with Crippen LogP contribution in [-0.4, -0.2) is 23.0 Å². The molecule has 19 heavy (non-hydrogen) atoms.